The van der Waals surface area contributed by atoms with E-state index in [1.165, 1.54) is 0 Å². The molecule has 0 saturated carbocycles. The van der Waals surface area contributed by atoms with E-state index < -0.39 is 5.97 Å². The van der Waals surface area contributed by atoms with Crippen molar-refractivity contribution in [1.82, 2.24) is 9.88 Å². The number of aromatic nitrogens is 1. The number of carboxylic acid groups (broad SMARTS) is 1. The molecular weight excluding hydrogens is 298 g/mol. The number of nitrogens with one attached hydrogen (secondary N) is 1. The standard InChI is InChI=1S/C16H23N3O4/c20-15(21)9-19-4-5-22-12-16(11-19)6-13(10-23-16)7-18-14-2-1-3-17-8-14/h1-3,8,13,18H,4-7,9-12H2,(H,20,21)/t13-,16+/m1/s1. The summed E-state index contributed by atoms with van der Waals surface area (Å²) in [6.07, 6.45) is 4.42. The third-order valence-electron chi connectivity index (χ3n) is 4.33. The van der Waals surface area contributed by atoms with Crippen LogP contribution in [-0.2, 0) is 14.3 Å². The highest BCUT2D eigenvalue weighted by atomic mass is 16.5. The predicted octanol–water partition coefficient (Wildman–Crippen LogP) is 0.686. The van der Waals surface area contributed by atoms with Crippen molar-refractivity contribution in [2.45, 2.75) is 12.0 Å². The van der Waals surface area contributed by atoms with Crippen LogP contribution in [0.2, 0.25) is 0 Å². The van der Waals surface area contributed by atoms with Crippen LogP contribution in [0.5, 0.6) is 0 Å². The third kappa shape index (κ3) is 4.40. The zero-order chi connectivity index (χ0) is 16.1. The fourth-order valence-corrected chi connectivity index (χ4v) is 3.32. The minimum absolute atomic E-state index is 0.0348. The van der Waals surface area contributed by atoms with Crippen molar-refractivity contribution in [3.05, 3.63) is 24.5 Å². The molecule has 1 aromatic heterocycles. The first-order chi connectivity index (χ1) is 11.2. The lowest BCUT2D eigenvalue weighted by atomic mass is 9.94. The van der Waals surface area contributed by atoms with E-state index in [0.717, 1.165) is 18.7 Å². The zero-order valence-corrected chi connectivity index (χ0v) is 13.1. The second-order valence-corrected chi connectivity index (χ2v) is 6.34. The number of hydrogen-bond donors (Lipinski definition) is 2. The molecule has 3 rings (SSSR count). The Kier molecular flexibility index (Phi) is 5.09. The van der Waals surface area contributed by atoms with Gasteiger partial charge in [0.1, 0.15) is 5.60 Å². The molecular formula is C16H23N3O4. The minimum Gasteiger partial charge on any atom is -0.480 e. The highest BCUT2D eigenvalue weighted by Crippen LogP contribution is 2.32. The summed E-state index contributed by atoms with van der Waals surface area (Å²) < 4.78 is 11.7. The molecule has 2 aliphatic rings. The van der Waals surface area contributed by atoms with Gasteiger partial charge in [-0.05, 0) is 18.6 Å². The average molecular weight is 321 g/mol. The number of carboxylic acids is 1. The topological polar surface area (TPSA) is 83.9 Å². The van der Waals surface area contributed by atoms with Gasteiger partial charge in [-0.25, -0.2) is 0 Å². The molecule has 2 saturated heterocycles. The molecule has 2 N–H and O–H groups in total. The minimum atomic E-state index is -0.810. The molecule has 7 nitrogen and oxygen atoms in total. The summed E-state index contributed by atoms with van der Waals surface area (Å²) in [5.74, 6) is -0.432. The van der Waals surface area contributed by atoms with Gasteiger partial charge in [0.15, 0.2) is 0 Å². The second kappa shape index (κ2) is 7.25. The van der Waals surface area contributed by atoms with E-state index >= 15 is 0 Å². The maximum absolute atomic E-state index is 11.0. The molecule has 126 valence electrons. The number of carbonyl (C=O) groups is 1. The first-order valence-corrected chi connectivity index (χ1v) is 7.95. The summed E-state index contributed by atoms with van der Waals surface area (Å²) in [7, 11) is 0. The van der Waals surface area contributed by atoms with Gasteiger partial charge in [-0.15, -0.1) is 0 Å². The highest BCUT2D eigenvalue weighted by Gasteiger charge is 2.43. The van der Waals surface area contributed by atoms with Gasteiger partial charge in [-0.3, -0.25) is 14.7 Å². The lowest BCUT2D eigenvalue weighted by Crippen LogP contribution is -2.45. The second-order valence-electron chi connectivity index (χ2n) is 6.34. The molecule has 1 spiro atoms. The van der Waals surface area contributed by atoms with Crippen molar-refractivity contribution in [3.8, 4) is 0 Å². The van der Waals surface area contributed by atoms with Crippen LogP contribution in [0.3, 0.4) is 0 Å². The number of anilines is 1. The average Bonchev–Trinajstić information content (AvgIpc) is 2.82. The molecule has 0 amide bonds. The van der Waals surface area contributed by atoms with E-state index in [1.54, 1.807) is 12.4 Å². The van der Waals surface area contributed by atoms with Gasteiger partial charge < -0.3 is 19.9 Å². The van der Waals surface area contributed by atoms with Gasteiger partial charge >= 0.3 is 5.97 Å². The fourth-order valence-electron chi connectivity index (χ4n) is 3.32. The molecule has 0 unspecified atom stereocenters. The SMILES string of the molecule is O=C(O)CN1CCOC[C@]2(C[C@H](CNc3cccnc3)CO2)C1. The maximum atomic E-state index is 11.0. The molecule has 23 heavy (non-hydrogen) atoms. The molecule has 0 bridgehead atoms. The quantitative estimate of drug-likeness (QED) is 0.825. The van der Waals surface area contributed by atoms with Crippen molar-refractivity contribution in [2.24, 2.45) is 5.92 Å². The van der Waals surface area contributed by atoms with E-state index in [-0.39, 0.29) is 12.1 Å². The zero-order valence-electron chi connectivity index (χ0n) is 13.1. The van der Waals surface area contributed by atoms with Gasteiger partial charge in [0.05, 0.1) is 32.1 Å². The molecule has 0 aromatic carbocycles. The Balaban J connectivity index is 1.55. The van der Waals surface area contributed by atoms with Crippen LogP contribution >= 0.6 is 0 Å². The van der Waals surface area contributed by atoms with Crippen molar-refractivity contribution >= 4 is 11.7 Å². The smallest absolute Gasteiger partial charge is 0.317 e. The summed E-state index contributed by atoms with van der Waals surface area (Å²) in [6.45, 7) is 3.85. The van der Waals surface area contributed by atoms with Crippen molar-refractivity contribution in [3.63, 3.8) is 0 Å². The van der Waals surface area contributed by atoms with Gasteiger partial charge in [0.2, 0.25) is 0 Å². The summed E-state index contributed by atoms with van der Waals surface area (Å²) in [5.41, 5.74) is 0.617. The number of aliphatic carboxylic acids is 1. The molecule has 0 radical (unpaired) electrons. The molecule has 2 aliphatic heterocycles. The van der Waals surface area contributed by atoms with E-state index in [9.17, 15) is 4.79 Å². The van der Waals surface area contributed by atoms with Crippen LogP contribution in [-0.4, -0.2) is 72.6 Å². The van der Waals surface area contributed by atoms with Crippen molar-refractivity contribution < 1.29 is 19.4 Å². The number of pyridine rings is 1. The third-order valence-corrected chi connectivity index (χ3v) is 4.33. The number of rotatable bonds is 5. The van der Waals surface area contributed by atoms with Crippen LogP contribution < -0.4 is 5.32 Å². The van der Waals surface area contributed by atoms with Gasteiger partial charge in [0.25, 0.3) is 0 Å². The molecule has 7 heteroatoms. The molecule has 3 heterocycles. The Hall–Kier alpha value is -1.70. The highest BCUT2D eigenvalue weighted by molar-refractivity contribution is 5.69. The van der Waals surface area contributed by atoms with E-state index in [1.807, 2.05) is 17.0 Å². The van der Waals surface area contributed by atoms with E-state index in [4.69, 9.17) is 14.6 Å². The Bertz CT molecular complexity index is 527. The first-order valence-electron chi connectivity index (χ1n) is 7.95. The number of ether oxygens (including phenoxy) is 2. The lowest BCUT2D eigenvalue weighted by molar-refractivity contribution is -0.139. The maximum Gasteiger partial charge on any atom is 0.317 e. The van der Waals surface area contributed by atoms with Crippen LogP contribution in [0.25, 0.3) is 0 Å². The van der Waals surface area contributed by atoms with Crippen molar-refractivity contribution in [1.29, 1.82) is 0 Å². The monoisotopic (exact) mass is 321 g/mol. The largest absolute Gasteiger partial charge is 0.480 e. The number of hydrogen-bond acceptors (Lipinski definition) is 6. The van der Waals surface area contributed by atoms with Crippen LogP contribution in [0.4, 0.5) is 5.69 Å². The summed E-state index contributed by atoms with van der Waals surface area (Å²) in [6, 6.07) is 3.89. The van der Waals surface area contributed by atoms with Crippen LogP contribution in [0, 0.1) is 5.92 Å². The first kappa shape index (κ1) is 16.2. The van der Waals surface area contributed by atoms with Gasteiger partial charge in [-0.2, -0.15) is 0 Å². The molecule has 0 aliphatic carbocycles. The normalized spacial score (nSPS) is 28.6. The Morgan fingerprint density at radius 2 is 2.48 bits per heavy atom. The summed E-state index contributed by atoms with van der Waals surface area (Å²) in [5, 5.41) is 12.4. The van der Waals surface area contributed by atoms with Crippen LogP contribution in [0.1, 0.15) is 6.42 Å². The summed E-state index contributed by atoms with van der Waals surface area (Å²) in [4.78, 5) is 17.0. The molecule has 2 atom stereocenters. The molecule has 2 fully saturated rings. The van der Waals surface area contributed by atoms with Crippen molar-refractivity contribution in [2.75, 3.05) is 51.3 Å². The lowest BCUT2D eigenvalue weighted by Gasteiger charge is -2.30. The Labute approximate surface area is 135 Å². The Morgan fingerprint density at radius 3 is 3.26 bits per heavy atom. The number of nitrogens with zero attached hydrogens (tertiary/aromatic N) is 2. The predicted molar refractivity (Wildman–Crippen MR) is 84.4 cm³/mol. The Morgan fingerprint density at radius 1 is 1.57 bits per heavy atom. The van der Waals surface area contributed by atoms with Gasteiger partial charge in [-0.1, -0.05) is 0 Å². The van der Waals surface area contributed by atoms with E-state index in [2.05, 4.69) is 10.3 Å². The van der Waals surface area contributed by atoms with Crippen LogP contribution in [0.15, 0.2) is 24.5 Å². The van der Waals surface area contributed by atoms with E-state index in [0.29, 0.717) is 38.8 Å². The fraction of sp³-hybridized carbons (Fsp3) is 0.625. The molecule has 1 aromatic rings. The van der Waals surface area contributed by atoms with Gasteiger partial charge in [0, 0.05) is 37.9 Å². The summed E-state index contributed by atoms with van der Waals surface area (Å²) >= 11 is 0.